The van der Waals surface area contributed by atoms with Gasteiger partial charge < -0.3 is 20.3 Å². The van der Waals surface area contributed by atoms with Crippen LogP contribution in [0.1, 0.15) is 335 Å². The largest absolute Gasteiger partial charge is 0.466 e. The van der Waals surface area contributed by atoms with Gasteiger partial charge in [-0.25, -0.2) is 0 Å². The lowest BCUT2D eigenvalue weighted by Crippen LogP contribution is -2.45. The lowest BCUT2D eigenvalue weighted by Gasteiger charge is -2.20. The van der Waals surface area contributed by atoms with Gasteiger partial charge in [-0.05, 0) is 89.9 Å². The lowest BCUT2D eigenvalue weighted by atomic mass is 10.0. The maximum atomic E-state index is 12.4. The van der Waals surface area contributed by atoms with Crippen LogP contribution in [0.15, 0.2) is 48.6 Å². The Morgan fingerprint density at radius 1 is 0.389 bits per heavy atom. The van der Waals surface area contributed by atoms with Gasteiger partial charge in [-0.2, -0.15) is 0 Å². The van der Waals surface area contributed by atoms with Gasteiger partial charge in [0, 0.05) is 12.8 Å². The molecule has 3 N–H and O–H groups in total. The minimum atomic E-state index is -0.842. The number of amides is 1. The summed E-state index contributed by atoms with van der Waals surface area (Å²) in [6.07, 6.45) is 78.9. The van der Waals surface area contributed by atoms with Crippen molar-refractivity contribution in [1.29, 1.82) is 0 Å². The van der Waals surface area contributed by atoms with Gasteiger partial charge in [0.2, 0.25) is 5.91 Å². The second kappa shape index (κ2) is 61.4. The molecule has 0 saturated heterocycles. The molecule has 0 aliphatic rings. The molecule has 2 unspecified atom stereocenters. The van der Waals surface area contributed by atoms with Crippen LogP contribution in [-0.4, -0.2) is 47.4 Å². The Morgan fingerprint density at radius 3 is 1.10 bits per heavy atom. The molecular formula is C66H123NO5. The second-order valence-corrected chi connectivity index (χ2v) is 21.7. The third-order valence-corrected chi connectivity index (χ3v) is 14.6. The van der Waals surface area contributed by atoms with Crippen LogP contribution in [0.2, 0.25) is 0 Å². The fourth-order valence-electron chi connectivity index (χ4n) is 9.66. The SMILES string of the molecule is CCCCC/C=C\C/C=C\CCCCCCCC(=O)OCCCCCCCCCCCCCC/C=C\CCCCCCCCCCCCCCCCC(=O)NC(CO)C(O)/C=C/CCCCCCCCCC. The molecule has 72 heavy (non-hydrogen) atoms. The maximum absolute atomic E-state index is 12.4. The molecule has 0 bridgehead atoms. The van der Waals surface area contributed by atoms with E-state index in [1.165, 1.54) is 257 Å². The van der Waals surface area contributed by atoms with Crippen LogP contribution in [-0.2, 0) is 14.3 Å². The number of hydrogen-bond acceptors (Lipinski definition) is 5. The van der Waals surface area contributed by atoms with Gasteiger partial charge in [0.25, 0.3) is 0 Å². The van der Waals surface area contributed by atoms with E-state index in [4.69, 9.17) is 4.74 Å². The number of aliphatic hydroxyl groups is 2. The molecule has 422 valence electrons. The molecule has 0 aliphatic heterocycles. The highest BCUT2D eigenvalue weighted by molar-refractivity contribution is 5.76. The van der Waals surface area contributed by atoms with Gasteiger partial charge in [-0.3, -0.25) is 9.59 Å². The molecular weight excluding hydrogens is 887 g/mol. The number of ether oxygens (including phenoxy) is 1. The van der Waals surface area contributed by atoms with Crippen LogP contribution in [0.25, 0.3) is 0 Å². The Morgan fingerprint density at radius 2 is 0.694 bits per heavy atom. The van der Waals surface area contributed by atoms with Crippen LogP contribution in [0.3, 0.4) is 0 Å². The van der Waals surface area contributed by atoms with Crippen molar-refractivity contribution in [3.05, 3.63) is 48.6 Å². The van der Waals surface area contributed by atoms with E-state index in [-0.39, 0.29) is 18.5 Å². The second-order valence-electron chi connectivity index (χ2n) is 21.7. The number of carbonyl (C=O) groups excluding carboxylic acids is 2. The molecule has 0 aliphatic carbocycles. The van der Waals surface area contributed by atoms with Crippen LogP contribution < -0.4 is 5.32 Å². The topological polar surface area (TPSA) is 95.9 Å². The summed E-state index contributed by atoms with van der Waals surface area (Å²) >= 11 is 0. The predicted octanol–water partition coefficient (Wildman–Crippen LogP) is 20.1. The molecule has 0 aromatic heterocycles. The molecule has 0 aromatic carbocycles. The fraction of sp³-hybridized carbons (Fsp3) is 0.848. The van der Waals surface area contributed by atoms with E-state index in [9.17, 15) is 19.8 Å². The van der Waals surface area contributed by atoms with Gasteiger partial charge in [0.1, 0.15) is 0 Å². The Hall–Kier alpha value is -2.18. The van der Waals surface area contributed by atoms with E-state index in [1.54, 1.807) is 6.08 Å². The summed E-state index contributed by atoms with van der Waals surface area (Å²) in [5.41, 5.74) is 0. The first kappa shape index (κ1) is 69.8. The number of carbonyl (C=O) groups is 2. The fourth-order valence-corrected chi connectivity index (χ4v) is 9.66. The number of nitrogens with one attached hydrogen (secondary N) is 1. The molecule has 0 rings (SSSR count). The van der Waals surface area contributed by atoms with Crippen molar-refractivity contribution in [3.63, 3.8) is 0 Å². The van der Waals surface area contributed by atoms with Crippen LogP contribution >= 0.6 is 0 Å². The molecule has 6 heteroatoms. The van der Waals surface area contributed by atoms with Crippen LogP contribution in [0, 0.1) is 0 Å². The first-order chi connectivity index (χ1) is 35.5. The average molecular weight is 1010 g/mol. The van der Waals surface area contributed by atoms with Gasteiger partial charge >= 0.3 is 5.97 Å². The molecule has 0 saturated carbocycles. The normalized spacial score (nSPS) is 12.9. The molecule has 6 nitrogen and oxygen atoms in total. The zero-order valence-corrected chi connectivity index (χ0v) is 48.2. The predicted molar refractivity (Wildman–Crippen MR) is 315 cm³/mol. The number of allylic oxidation sites excluding steroid dienone is 7. The van der Waals surface area contributed by atoms with Crippen molar-refractivity contribution in [2.45, 2.75) is 347 Å². The minimum absolute atomic E-state index is 0.00237. The van der Waals surface area contributed by atoms with Crippen molar-refractivity contribution >= 4 is 11.9 Å². The highest BCUT2D eigenvalue weighted by atomic mass is 16.5. The number of esters is 1. The van der Waals surface area contributed by atoms with E-state index in [2.05, 4.69) is 55.6 Å². The number of rotatable bonds is 59. The molecule has 0 aromatic rings. The molecule has 1 amide bonds. The summed E-state index contributed by atoms with van der Waals surface area (Å²) in [5.74, 6) is -0.0658. The first-order valence-corrected chi connectivity index (χ1v) is 31.9. The summed E-state index contributed by atoms with van der Waals surface area (Å²) in [6, 6.07) is -0.625. The van der Waals surface area contributed by atoms with Gasteiger partial charge in [0.05, 0.1) is 25.4 Å². The standard InChI is InChI=1S/C66H123NO5/c1-3-5-7-9-11-13-15-16-33-37-40-44-48-52-56-60-66(71)72-61-57-53-49-45-41-38-35-32-30-28-26-24-22-20-18-17-19-21-23-25-27-29-31-34-36-39-43-47-51-55-59-65(70)67-63(62-68)64(69)58-54-50-46-42-14-12-10-8-6-4-2/h11,13,16,18,20,33,54,58,63-64,68-69H,3-10,12,14-15,17,19,21-32,34-53,55-57,59-62H2,1-2H3,(H,67,70)/b13-11-,20-18-,33-16-,58-54+. The number of unbranched alkanes of at least 4 members (excludes halogenated alkanes) is 42. The maximum Gasteiger partial charge on any atom is 0.305 e. The quantitative estimate of drug-likeness (QED) is 0.0320. The van der Waals surface area contributed by atoms with Gasteiger partial charge in [-0.1, -0.05) is 281 Å². The Bertz CT molecular complexity index is 1210. The van der Waals surface area contributed by atoms with E-state index in [0.717, 1.165) is 51.4 Å². The summed E-state index contributed by atoms with van der Waals surface area (Å²) in [7, 11) is 0. The Kier molecular flexibility index (Phi) is 59.5. The number of aliphatic hydroxyl groups excluding tert-OH is 2. The molecule has 0 fully saturated rings. The smallest absolute Gasteiger partial charge is 0.305 e. The number of hydrogen-bond donors (Lipinski definition) is 3. The van der Waals surface area contributed by atoms with E-state index in [1.807, 2.05) is 6.08 Å². The minimum Gasteiger partial charge on any atom is -0.466 e. The summed E-state index contributed by atoms with van der Waals surface area (Å²) in [6.45, 7) is 4.86. The Balaban J connectivity index is 3.36. The Labute approximate surface area is 448 Å². The zero-order valence-electron chi connectivity index (χ0n) is 48.2. The summed E-state index contributed by atoms with van der Waals surface area (Å²) in [5, 5.41) is 23.0. The monoisotopic (exact) mass is 1010 g/mol. The summed E-state index contributed by atoms with van der Waals surface area (Å²) < 4.78 is 5.48. The third-order valence-electron chi connectivity index (χ3n) is 14.6. The van der Waals surface area contributed by atoms with E-state index >= 15 is 0 Å². The van der Waals surface area contributed by atoms with Crippen LogP contribution in [0.5, 0.6) is 0 Å². The van der Waals surface area contributed by atoms with Crippen molar-refractivity contribution in [3.8, 4) is 0 Å². The van der Waals surface area contributed by atoms with Crippen molar-refractivity contribution in [2.75, 3.05) is 13.2 Å². The highest BCUT2D eigenvalue weighted by Crippen LogP contribution is 2.17. The van der Waals surface area contributed by atoms with Crippen molar-refractivity contribution < 1.29 is 24.5 Å². The molecule has 0 spiro atoms. The van der Waals surface area contributed by atoms with Crippen molar-refractivity contribution in [1.82, 2.24) is 5.32 Å². The molecule has 0 radical (unpaired) electrons. The highest BCUT2D eigenvalue weighted by Gasteiger charge is 2.18. The first-order valence-electron chi connectivity index (χ1n) is 31.9. The third kappa shape index (κ3) is 57.1. The summed E-state index contributed by atoms with van der Waals surface area (Å²) in [4.78, 5) is 24.5. The van der Waals surface area contributed by atoms with E-state index in [0.29, 0.717) is 19.4 Å². The molecule has 2 atom stereocenters. The molecule has 0 heterocycles. The van der Waals surface area contributed by atoms with E-state index < -0.39 is 12.1 Å². The van der Waals surface area contributed by atoms with Crippen LogP contribution in [0.4, 0.5) is 0 Å². The lowest BCUT2D eigenvalue weighted by molar-refractivity contribution is -0.143. The average Bonchev–Trinajstić information content (AvgIpc) is 3.38. The van der Waals surface area contributed by atoms with Gasteiger partial charge in [0.15, 0.2) is 0 Å². The zero-order chi connectivity index (χ0) is 52.2. The van der Waals surface area contributed by atoms with Crippen molar-refractivity contribution in [2.24, 2.45) is 0 Å². The van der Waals surface area contributed by atoms with Gasteiger partial charge in [-0.15, -0.1) is 0 Å².